The molecule has 0 spiro atoms. The van der Waals surface area contributed by atoms with E-state index in [-0.39, 0.29) is 36.8 Å². The van der Waals surface area contributed by atoms with Crippen LogP contribution in [0.15, 0.2) is 53.4 Å². The standard InChI is InChI=1S/C23H27N3O7S/c27-22(24-12-18-5-4-10-31-18)15-26(14-17-8-9-20-21(11-17)33-16-32-20)23(28)13-25-34(29,30)19-6-2-1-3-7-19/h1-3,6-9,11,18,25H,4-5,10,12-16H2,(H,24,27)/t18-/m1/s1. The number of carbonyl (C=O) groups excluding carboxylic acids is 2. The molecule has 2 N–H and O–H groups in total. The maximum absolute atomic E-state index is 13.0. The van der Waals surface area contributed by atoms with Crippen molar-refractivity contribution in [1.29, 1.82) is 0 Å². The summed E-state index contributed by atoms with van der Waals surface area (Å²) in [5, 5.41) is 2.79. The first-order valence-corrected chi connectivity index (χ1v) is 12.5. The molecule has 182 valence electrons. The molecule has 2 aliphatic rings. The van der Waals surface area contributed by atoms with E-state index in [1.54, 1.807) is 36.4 Å². The molecule has 2 heterocycles. The average Bonchev–Trinajstić information content (AvgIpc) is 3.53. The molecule has 11 heteroatoms. The van der Waals surface area contributed by atoms with Crippen molar-refractivity contribution in [3.8, 4) is 11.5 Å². The van der Waals surface area contributed by atoms with Crippen LogP contribution in [0.2, 0.25) is 0 Å². The number of hydrogen-bond donors (Lipinski definition) is 2. The Morgan fingerprint density at radius 2 is 1.85 bits per heavy atom. The van der Waals surface area contributed by atoms with Crippen molar-refractivity contribution >= 4 is 21.8 Å². The van der Waals surface area contributed by atoms with Crippen molar-refractivity contribution in [1.82, 2.24) is 14.9 Å². The van der Waals surface area contributed by atoms with Crippen LogP contribution in [0.5, 0.6) is 11.5 Å². The molecule has 0 aromatic heterocycles. The quantitative estimate of drug-likeness (QED) is 0.511. The van der Waals surface area contributed by atoms with Crippen LogP contribution in [0.25, 0.3) is 0 Å². The minimum atomic E-state index is -3.87. The van der Waals surface area contributed by atoms with Crippen molar-refractivity contribution in [3.63, 3.8) is 0 Å². The summed E-state index contributed by atoms with van der Waals surface area (Å²) >= 11 is 0. The second-order valence-electron chi connectivity index (χ2n) is 8.01. The van der Waals surface area contributed by atoms with E-state index in [1.807, 2.05) is 0 Å². The zero-order valence-electron chi connectivity index (χ0n) is 18.6. The van der Waals surface area contributed by atoms with Gasteiger partial charge in [0, 0.05) is 19.7 Å². The number of amides is 2. The fourth-order valence-electron chi connectivity index (χ4n) is 3.71. The first-order valence-electron chi connectivity index (χ1n) is 11.0. The Morgan fingerprint density at radius 1 is 1.06 bits per heavy atom. The summed E-state index contributed by atoms with van der Waals surface area (Å²) in [4.78, 5) is 26.9. The van der Waals surface area contributed by atoms with E-state index in [4.69, 9.17) is 14.2 Å². The lowest BCUT2D eigenvalue weighted by molar-refractivity contribution is -0.135. The lowest BCUT2D eigenvalue weighted by atomic mass is 10.2. The maximum atomic E-state index is 13.0. The van der Waals surface area contributed by atoms with Crippen molar-refractivity contribution in [2.24, 2.45) is 0 Å². The number of nitrogens with one attached hydrogen (secondary N) is 2. The van der Waals surface area contributed by atoms with Gasteiger partial charge in [0.25, 0.3) is 0 Å². The molecule has 0 saturated carbocycles. The van der Waals surface area contributed by atoms with E-state index >= 15 is 0 Å². The summed E-state index contributed by atoms with van der Waals surface area (Å²) in [5.74, 6) is 0.268. The predicted molar refractivity (Wildman–Crippen MR) is 122 cm³/mol. The smallest absolute Gasteiger partial charge is 0.241 e. The van der Waals surface area contributed by atoms with Crippen LogP contribution in [0, 0.1) is 0 Å². The van der Waals surface area contributed by atoms with Gasteiger partial charge in [0.15, 0.2) is 11.5 Å². The molecule has 1 saturated heterocycles. The molecule has 0 radical (unpaired) electrons. The number of hydrogen-bond acceptors (Lipinski definition) is 7. The molecular weight excluding hydrogens is 462 g/mol. The molecule has 1 atom stereocenters. The Bertz CT molecular complexity index is 1120. The Labute approximate surface area is 198 Å². The number of benzene rings is 2. The topological polar surface area (TPSA) is 123 Å². The van der Waals surface area contributed by atoms with Gasteiger partial charge in [-0.15, -0.1) is 0 Å². The fourth-order valence-corrected chi connectivity index (χ4v) is 4.70. The Morgan fingerprint density at radius 3 is 2.62 bits per heavy atom. The summed E-state index contributed by atoms with van der Waals surface area (Å²) < 4.78 is 43.6. The van der Waals surface area contributed by atoms with Gasteiger partial charge in [-0.1, -0.05) is 24.3 Å². The molecule has 0 aliphatic carbocycles. The Hall–Kier alpha value is -3.15. The molecule has 2 amide bonds. The van der Waals surface area contributed by atoms with Crippen molar-refractivity contribution in [2.45, 2.75) is 30.4 Å². The minimum absolute atomic E-state index is 0.0281. The van der Waals surface area contributed by atoms with E-state index in [0.29, 0.717) is 24.7 Å². The monoisotopic (exact) mass is 489 g/mol. The number of nitrogens with zero attached hydrogens (tertiary/aromatic N) is 1. The van der Waals surface area contributed by atoms with Gasteiger partial charge in [0.1, 0.15) is 0 Å². The van der Waals surface area contributed by atoms with Crippen LogP contribution >= 0.6 is 0 Å². The summed E-state index contributed by atoms with van der Waals surface area (Å²) in [7, 11) is -3.87. The molecular formula is C23H27N3O7S. The van der Waals surface area contributed by atoms with E-state index in [2.05, 4.69) is 10.0 Å². The van der Waals surface area contributed by atoms with Gasteiger partial charge in [-0.25, -0.2) is 13.1 Å². The van der Waals surface area contributed by atoms with Crippen LogP contribution in [0.3, 0.4) is 0 Å². The third-order valence-corrected chi connectivity index (χ3v) is 6.93. The second-order valence-corrected chi connectivity index (χ2v) is 9.78. The van der Waals surface area contributed by atoms with Gasteiger partial charge in [-0.3, -0.25) is 9.59 Å². The van der Waals surface area contributed by atoms with Crippen molar-refractivity contribution in [3.05, 3.63) is 54.1 Å². The molecule has 2 aromatic rings. The third kappa shape index (κ3) is 6.25. The van der Waals surface area contributed by atoms with E-state index < -0.39 is 22.5 Å². The normalized spacial score (nSPS) is 16.9. The first-order chi connectivity index (χ1) is 16.4. The summed E-state index contributed by atoms with van der Waals surface area (Å²) in [6.07, 6.45) is 1.80. The summed E-state index contributed by atoms with van der Waals surface area (Å²) in [5.41, 5.74) is 0.718. The highest BCUT2D eigenvalue weighted by Crippen LogP contribution is 2.32. The third-order valence-electron chi connectivity index (χ3n) is 5.52. The molecule has 2 aliphatic heterocycles. The molecule has 2 aromatic carbocycles. The highest BCUT2D eigenvalue weighted by molar-refractivity contribution is 7.89. The summed E-state index contributed by atoms with van der Waals surface area (Å²) in [6.45, 7) is 0.542. The van der Waals surface area contributed by atoms with Crippen molar-refractivity contribution in [2.75, 3.05) is 33.0 Å². The van der Waals surface area contributed by atoms with Gasteiger partial charge < -0.3 is 24.4 Å². The maximum Gasteiger partial charge on any atom is 0.241 e. The minimum Gasteiger partial charge on any atom is -0.454 e. The SMILES string of the molecule is O=C(CN(Cc1ccc2c(c1)OCO2)C(=O)CNS(=O)(=O)c1ccccc1)NC[C@H]1CCCO1. The van der Waals surface area contributed by atoms with Crippen molar-refractivity contribution < 1.29 is 32.2 Å². The van der Waals surface area contributed by atoms with E-state index in [1.165, 1.54) is 17.0 Å². The van der Waals surface area contributed by atoms with Crippen LogP contribution in [0.4, 0.5) is 0 Å². The van der Waals surface area contributed by atoms with Crippen LogP contribution in [0.1, 0.15) is 18.4 Å². The van der Waals surface area contributed by atoms with Gasteiger partial charge in [-0.05, 0) is 42.7 Å². The fraction of sp³-hybridized carbons (Fsp3) is 0.391. The molecule has 4 rings (SSSR count). The summed E-state index contributed by atoms with van der Waals surface area (Å²) in [6, 6.07) is 13.0. The highest BCUT2D eigenvalue weighted by atomic mass is 32.2. The largest absolute Gasteiger partial charge is 0.454 e. The van der Waals surface area contributed by atoms with Gasteiger partial charge in [0.2, 0.25) is 28.6 Å². The number of carbonyl (C=O) groups is 2. The van der Waals surface area contributed by atoms with E-state index in [0.717, 1.165) is 18.4 Å². The van der Waals surface area contributed by atoms with Gasteiger partial charge >= 0.3 is 0 Å². The first kappa shape index (κ1) is 24.0. The zero-order chi connectivity index (χ0) is 24.0. The molecule has 34 heavy (non-hydrogen) atoms. The molecule has 10 nitrogen and oxygen atoms in total. The Kier molecular flexibility index (Phi) is 7.66. The lowest BCUT2D eigenvalue weighted by Gasteiger charge is -2.23. The van der Waals surface area contributed by atoms with Crippen LogP contribution in [-0.2, 0) is 30.9 Å². The number of ether oxygens (including phenoxy) is 3. The van der Waals surface area contributed by atoms with Crippen LogP contribution < -0.4 is 19.5 Å². The number of fused-ring (bicyclic) bond motifs is 1. The van der Waals surface area contributed by atoms with Gasteiger partial charge in [0.05, 0.1) is 24.1 Å². The zero-order valence-corrected chi connectivity index (χ0v) is 19.4. The predicted octanol–water partition coefficient (Wildman–Crippen LogP) is 1.02. The highest BCUT2D eigenvalue weighted by Gasteiger charge is 2.23. The molecule has 0 unspecified atom stereocenters. The number of rotatable bonds is 10. The van der Waals surface area contributed by atoms with E-state index in [9.17, 15) is 18.0 Å². The lowest BCUT2D eigenvalue weighted by Crippen LogP contribution is -2.45. The Balaban J connectivity index is 1.42. The molecule has 1 fully saturated rings. The average molecular weight is 490 g/mol. The molecule has 0 bridgehead atoms. The second kappa shape index (κ2) is 10.9. The van der Waals surface area contributed by atoms with Crippen LogP contribution in [-0.4, -0.2) is 64.3 Å². The van der Waals surface area contributed by atoms with Gasteiger partial charge in [-0.2, -0.15) is 0 Å². The number of sulfonamides is 1.